The van der Waals surface area contributed by atoms with Crippen LogP contribution < -0.4 is 5.32 Å². The van der Waals surface area contributed by atoms with Gasteiger partial charge in [-0.15, -0.1) is 5.10 Å². The molecule has 1 aromatic carbocycles. The van der Waals surface area contributed by atoms with Crippen LogP contribution in [-0.4, -0.2) is 39.2 Å². The number of rotatable bonds is 5. The fraction of sp³-hybridized carbons (Fsp3) is 0.500. The third kappa shape index (κ3) is 2.96. The summed E-state index contributed by atoms with van der Waals surface area (Å²) in [6.45, 7) is 6.96. The van der Waals surface area contributed by atoms with Gasteiger partial charge >= 0.3 is 0 Å². The summed E-state index contributed by atoms with van der Waals surface area (Å²) in [6, 6.07) is 5.35. The predicted molar refractivity (Wildman–Crippen MR) is 76.4 cm³/mol. The van der Waals surface area contributed by atoms with Gasteiger partial charge in [-0.25, -0.2) is 4.68 Å². The van der Waals surface area contributed by atoms with Crippen molar-refractivity contribution in [1.29, 1.82) is 0 Å². The number of amides is 1. The number of aliphatic hydroxyl groups is 1. The second-order valence-electron chi connectivity index (χ2n) is 5.61. The molecule has 0 bridgehead atoms. The van der Waals surface area contributed by atoms with Crippen LogP contribution in [0.5, 0.6) is 0 Å². The van der Waals surface area contributed by atoms with Crippen LogP contribution in [0.15, 0.2) is 18.2 Å². The summed E-state index contributed by atoms with van der Waals surface area (Å²) in [5, 5.41) is 20.1. The van der Waals surface area contributed by atoms with Crippen LogP contribution in [0, 0.1) is 5.41 Å². The Bertz CT molecular complexity index is 619. The zero-order valence-electron chi connectivity index (χ0n) is 12.1. The summed E-state index contributed by atoms with van der Waals surface area (Å²) >= 11 is 0. The lowest BCUT2D eigenvalue weighted by molar-refractivity contribution is 0.0911. The van der Waals surface area contributed by atoms with Gasteiger partial charge in [-0.1, -0.05) is 19.1 Å². The maximum Gasteiger partial charge on any atom is 0.251 e. The first-order valence-electron chi connectivity index (χ1n) is 6.69. The van der Waals surface area contributed by atoms with Crippen molar-refractivity contribution < 1.29 is 9.90 Å². The minimum absolute atomic E-state index is 0.0249. The highest BCUT2D eigenvalue weighted by Crippen LogP contribution is 2.15. The lowest BCUT2D eigenvalue weighted by Gasteiger charge is -2.21. The van der Waals surface area contributed by atoms with E-state index in [9.17, 15) is 9.90 Å². The van der Waals surface area contributed by atoms with Crippen molar-refractivity contribution in [2.24, 2.45) is 5.41 Å². The first-order valence-corrected chi connectivity index (χ1v) is 6.69. The smallest absolute Gasteiger partial charge is 0.251 e. The first kappa shape index (κ1) is 14.5. The Morgan fingerprint density at radius 1 is 1.45 bits per heavy atom. The molecule has 0 unspecified atom stereocenters. The number of carbonyl (C=O) groups is 1. The fourth-order valence-corrected chi connectivity index (χ4v) is 1.82. The van der Waals surface area contributed by atoms with Crippen molar-refractivity contribution in [3.63, 3.8) is 0 Å². The number of carbonyl (C=O) groups excluding carboxylic acids is 1. The lowest BCUT2D eigenvalue weighted by atomic mass is 9.95. The highest BCUT2D eigenvalue weighted by atomic mass is 16.3. The molecule has 108 valence electrons. The summed E-state index contributed by atoms with van der Waals surface area (Å²) in [6.07, 6.45) is 0. The van der Waals surface area contributed by atoms with Gasteiger partial charge in [0.25, 0.3) is 5.91 Å². The van der Waals surface area contributed by atoms with E-state index in [1.807, 2.05) is 26.8 Å². The summed E-state index contributed by atoms with van der Waals surface area (Å²) in [4.78, 5) is 12.1. The van der Waals surface area contributed by atoms with Crippen LogP contribution in [-0.2, 0) is 6.54 Å². The van der Waals surface area contributed by atoms with Crippen molar-refractivity contribution in [2.45, 2.75) is 27.3 Å². The van der Waals surface area contributed by atoms with Crippen LogP contribution in [0.25, 0.3) is 11.0 Å². The standard InChI is InChI=1S/C14H20N4O2/c1-4-18-12-6-5-10(7-11(12)16-17-18)13(20)15-8-14(2,3)9-19/h5-7,19H,4,8-9H2,1-3H3,(H,15,20). The Hall–Kier alpha value is -1.95. The molecule has 0 aliphatic rings. The molecule has 1 amide bonds. The van der Waals surface area contributed by atoms with Gasteiger partial charge in [0.2, 0.25) is 0 Å². The lowest BCUT2D eigenvalue weighted by Crippen LogP contribution is -2.36. The summed E-state index contributed by atoms with van der Waals surface area (Å²) in [7, 11) is 0. The van der Waals surface area contributed by atoms with Gasteiger partial charge < -0.3 is 10.4 Å². The number of aliphatic hydroxyl groups excluding tert-OH is 1. The van der Waals surface area contributed by atoms with Crippen molar-refractivity contribution in [3.8, 4) is 0 Å². The number of aryl methyl sites for hydroxylation is 1. The Kier molecular flexibility index (Phi) is 4.04. The molecule has 6 nitrogen and oxygen atoms in total. The van der Waals surface area contributed by atoms with Crippen molar-refractivity contribution in [3.05, 3.63) is 23.8 Å². The number of hydrogen-bond donors (Lipinski definition) is 2. The molecule has 2 N–H and O–H groups in total. The van der Waals surface area contributed by atoms with Gasteiger partial charge in [-0.05, 0) is 25.1 Å². The molecule has 0 aliphatic heterocycles. The first-order chi connectivity index (χ1) is 9.46. The summed E-state index contributed by atoms with van der Waals surface area (Å²) in [5.74, 6) is -0.167. The van der Waals surface area contributed by atoms with Crippen LogP contribution in [0.2, 0.25) is 0 Å². The van der Waals surface area contributed by atoms with Crippen LogP contribution in [0.4, 0.5) is 0 Å². The molecular formula is C14H20N4O2. The Labute approximate surface area is 117 Å². The molecule has 0 saturated heterocycles. The van der Waals surface area contributed by atoms with E-state index in [2.05, 4.69) is 15.6 Å². The van der Waals surface area contributed by atoms with Crippen LogP contribution >= 0.6 is 0 Å². The number of nitrogens with zero attached hydrogens (tertiary/aromatic N) is 3. The minimum atomic E-state index is -0.328. The van der Waals surface area contributed by atoms with E-state index in [4.69, 9.17) is 0 Å². The van der Waals surface area contributed by atoms with Crippen molar-refractivity contribution in [2.75, 3.05) is 13.2 Å². The Morgan fingerprint density at radius 3 is 2.85 bits per heavy atom. The topological polar surface area (TPSA) is 80.0 Å². The maximum absolute atomic E-state index is 12.1. The van der Waals surface area contributed by atoms with Crippen molar-refractivity contribution >= 4 is 16.9 Å². The zero-order chi connectivity index (χ0) is 14.8. The number of aromatic nitrogens is 3. The Morgan fingerprint density at radius 2 is 2.20 bits per heavy atom. The number of fused-ring (bicyclic) bond motifs is 1. The average molecular weight is 276 g/mol. The van der Waals surface area contributed by atoms with Gasteiger partial charge in [-0.2, -0.15) is 0 Å². The molecule has 1 aromatic heterocycles. The molecule has 2 rings (SSSR count). The highest BCUT2D eigenvalue weighted by molar-refractivity contribution is 5.97. The normalized spacial score (nSPS) is 11.8. The Balaban J connectivity index is 2.15. The van der Waals surface area contributed by atoms with Crippen LogP contribution in [0.3, 0.4) is 0 Å². The van der Waals surface area contributed by atoms with Gasteiger partial charge in [0, 0.05) is 30.7 Å². The second kappa shape index (κ2) is 5.58. The molecule has 2 aromatic rings. The van der Waals surface area contributed by atoms with Gasteiger partial charge in [0.1, 0.15) is 5.52 Å². The van der Waals surface area contributed by atoms with E-state index in [0.717, 1.165) is 12.1 Å². The number of nitrogens with one attached hydrogen (secondary N) is 1. The van der Waals surface area contributed by atoms with E-state index in [1.54, 1.807) is 16.8 Å². The van der Waals surface area contributed by atoms with E-state index >= 15 is 0 Å². The molecule has 6 heteroatoms. The molecular weight excluding hydrogens is 256 g/mol. The monoisotopic (exact) mass is 276 g/mol. The molecule has 0 spiro atoms. The van der Waals surface area contributed by atoms with E-state index in [-0.39, 0.29) is 17.9 Å². The maximum atomic E-state index is 12.1. The van der Waals surface area contributed by atoms with Gasteiger partial charge in [0.05, 0.1) is 5.52 Å². The average Bonchev–Trinajstić information content (AvgIpc) is 2.87. The third-order valence-corrected chi connectivity index (χ3v) is 3.23. The van der Waals surface area contributed by atoms with Crippen LogP contribution in [0.1, 0.15) is 31.1 Å². The van der Waals surface area contributed by atoms with E-state index < -0.39 is 0 Å². The highest BCUT2D eigenvalue weighted by Gasteiger charge is 2.18. The second-order valence-corrected chi connectivity index (χ2v) is 5.61. The van der Waals surface area contributed by atoms with Gasteiger partial charge in [-0.3, -0.25) is 4.79 Å². The molecule has 0 fully saturated rings. The van der Waals surface area contributed by atoms with E-state index in [0.29, 0.717) is 17.6 Å². The quantitative estimate of drug-likeness (QED) is 0.860. The number of benzene rings is 1. The zero-order valence-corrected chi connectivity index (χ0v) is 12.1. The fourth-order valence-electron chi connectivity index (χ4n) is 1.82. The minimum Gasteiger partial charge on any atom is -0.396 e. The molecule has 1 heterocycles. The molecule has 0 saturated carbocycles. The predicted octanol–water partition coefficient (Wildman–Crippen LogP) is 1.20. The molecule has 20 heavy (non-hydrogen) atoms. The third-order valence-electron chi connectivity index (χ3n) is 3.23. The summed E-state index contributed by atoms with van der Waals surface area (Å²) in [5.41, 5.74) is 1.85. The summed E-state index contributed by atoms with van der Waals surface area (Å²) < 4.78 is 1.78. The van der Waals surface area contributed by atoms with Crippen molar-refractivity contribution in [1.82, 2.24) is 20.3 Å². The molecule has 0 atom stereocenters. The number of hydrogen-bond acceptors (Lipinski definition) is 4. The van der Waals surface area contributed by atoms with E-state index in [1.165, 1.54) is 0 Å². The SMILES string of the molecule is CCn1nnc2cc(C(=O)NCC(C)(C)CO)ccc21. The molecule has 0 aliphatic carbocycles. The largest absolute Gasteiger partial charge is 0.396 e. The van der Waals surface area contributed by atoms with Gasteiger partial charge in [0.15, 0.2) is 0 Å². The molecule has 0 radical (unpaired) electrons.